The number of ether oxygens (including phenoxy) is 6. The van der Waals surface area contributed by atoms with Crippen molar-refractivity contribution in [2.45, 2.75) is 0 Å². The third-order valence-corrected chi connectivity index (χ3v) is 2.23. The quantitative estimate of drug-likeness (QED) is 0.546. The Bertz CT molecular complexity index is 97.2. The van der Waals surface area contributed by atoms with Gasteiger partial charge >= 0.3 is 68.9 Å². The molecule has 0 aromatic heterocycles. The first-order valence-electron chi connectivity index (χ1n) is 6.46. The van der Waals surface area contributed by atoms with E-state index in [9.17, 15) is 0 Å². The second kappa shape index (κ2) is 17.9. The standard InChI is InChI=1S/C12H24O6.Cs.H/c1-2-14-5-6-16-9-10-18-12-11-17-8-7-15-4-3-13-1;;/h1-12H2;;. The third kappa shape index (κ3) is 16.0. The van der Waals surface area contributed by atoms with Gasteiger partial charge in [-0.1, -0.05) is 0 Å². The van der Waals surface area contributed by atoms with Gasteiger partial charge in [0.25, 0.3) is 0 Å². The normalized spacial score (nSPS) is 22.7. The van der Waals surface area contributed by atoms with E-state index in [1.807, 2.05) is 0 Å². The van der Waals surface area contributed by atoms with Crippen LogP contribution >= 0.6 is 0 Å². The molecule has 0 aromatic rings. The van der Waals surface area contributed by atoms with Crippen molar-refractivity contribution in [1.82, 2.24) is 0 Å². The van der Waals surface area contributed by atoms with Crippen LogP contribution in [0.15, 0.2) is 0 Å². The summed E-state index contributed by atoms with van der Waals surface area (Å²) in [7, 11) is 0. The van der Waals surface area contributed by atoms with Crippen molar-refractivity contribution in [2.24, 2.45) is 0 Å². The summed E-state index contributed by atoms with van der Waals surface area (Å²) in [5.41, 5.74) is 0. The molecule has 1 heterocycles. The van der Waals surface area contributed by atoms with E-state index in [1.54, 1.807) is 0 Å². The monoisotopic (exact) mass is 398 g/mol. The van der Waals surface area contributed by atoms with Crippen LogP contribution in [0.25, 0.3) is 0 Å². The topological polar surface area (TPSA) is 55.4 Å². The van der Waals surface area contributed by atoms with Crippen LogP contribution in [0.4, 0.5) is 0 Å². The van der Waals surface area contributed by atoms with Crippen molar-refractivity contribution in [2.75, 3.05) is 79.3 Å². The summed E-state index contributed by atoms with van der Waals surface area (Å²) in [5.74, 6) is 0. The van der Waals surface area contributed by atoms with Crippen LogP contribution in [0.3, 0.4) is 0 Å². The van der Waals surface area contributed by atoms with Crippen molar-refractivity contribution in [3.05, 3.63) is 0 Å². The number of hydrogen-bond donors (Lipinski definition) is 0. The Morgan fingerprint density at radius 1 is 0.263 bits per heavy atom. The Balaban J connectivity index is 0.00000324. The van der Waals surface area contributed by atoms with Gasteiger partial charge in [0, 0.05) is 0 Å². The molecule has 0 N–H and O–H groups in total. The fraction of sp³-hybridized carbons (Fsp3) is 1.00. The zero-order chi connectivity index (χ0) is 12.7. The molecule has 7 heteroatoms. The van der Waals surface area contributed by atoms with Gasteiger partial charge in [0.1, 0.15) is 0 Å². The molecule has 1 saturated heterocycles. The van der Waals surface area contributed by atoms with Gasteiger partial charge in [0.15, 0.2) is 0 Å². The van der Waals surface area contributed by atoms with Gasteiger partial charge < -0.3 is 28.4 Å². The molecular formula is C12H25CsO6. The van der Waals surface area contributed by atoms with Crippen LogP contribution in [0, 0.1) is 0 Å². The van der Waals surface area contributed by atoms with Gasteiger partial charge in [-0.25, -0.2) is 0 Å². The molecule has 1 rings (SSSR count). The summed E-state index contributed by atoms with van der Waals surface area (Å²) in [6, 6.07) is 0. The van der Waals surface area contributed by atoms with Crippen LogP contribution in [0.2, 0.25) is 0 Å². The fourth-order valence-electron chi connectivity index (χ4n) is 1.32. The van der Waals surface area contributed by atoms with E-state index in [1.165, 1.54) is 0 Å². The molecule has 110 valence electrons. The van der Waals surface area contributed by atoms with Crippen LogP contribution in [-0.4, -0.2) is 148 Å². The van der Waals surface area contributed by atoms with Crippen molar-refractivity contribution in [1.29, 1.82) is 0 Å². The first kappa shape index (κ1) is 20.8. The molecule has 0 saturated carbocycles. The Labute approximate surface area is 174 Å². The second-order valence-corrected chi connectivity index (χ2v) is 3.67. The van der Waals surface area contributed by atoms with E-state index in [4.69, 9.17) is 28.4 Å². The Kier molecular flexibility index (Phi) is 19.6. The fourth-order valence-corrected chi connectivity index (χ4v) is 1.32. The second-order valence-electron chi connectivity index (χ2n) is 3.67. The molecular weight excluding hydrogens is 373 g/mol. The zero-order valence-corrected chi connectivity index (χ0v) is 10.9. The summed E-state index contributed by atoms with van der Waals surface area (Å²) in [5, 5.41) is 0. The average Bonchev–Trinajstić information content (AvgIpc) is 2.39. The molecule has 0 spiro atoms. The number of hydrogen-bond acceptors (Lipinski definition) is 6. The van der Waals surface area contributed by atoms with Gasteiger partial charge in [-0.3, -0.25) is 0 Å². The molecule has 0 aliphatic carbocycles. The van der Waals surface area contributed by atoms with Crippen molar-refractivity contribution in [3.8, 4) is 0 Å². The summed E-state index contributed by atoms with van der Waals surface area (Å²) in [6.07, 6.45) is 0. The summed E-state index contributed by atoms with van der Waals surface area (Å²) in [4.78, 5) is 0. The minimum atomic E-state index is 0. The van der Waals surface area contributed by atoms with Crippen molar-refractivity contribution in [3.63, 3.8) is 0 Å². The van der Waals surface area contributed by atoms with Crippen LogP contribution in [0.1, 0.15) is 0 Å². The van der Waals surface area contributed by atoms with Gasteiger partial charge in [-0.05, 0) is 0 Å². The van der Waals surface area contributed by atoms with E-state index in [-0.39, 0.29) is 68.9 Å². The van der Waals surface area contributed by atoms with E-state index < -0.39 is 0 Å². The average molecular weight is 398 g/mol. The minimum absolute atomic E-state index is 0. The van der Waals surface area contributed by atoms with Gasteiger partial charge in [0.2, 0.25) is 0 Å². The Morgan fingerprint density at radius 2 is 0.368 bits per heavy atom. The Hall–Kier alpha value is 1.81. The molecule has 0 bridgehead atoms. The van der Waals surface area contributed by atoms with E-state index in [0.717, 1.165) is 0 Å². The third-order valence-electron chi connectivity index (χ3n) is 2.23. The predicted octanol–water partition coefficient (Wildman–Crippen LogP) is -0.549. The summed E-state index contributed by atoms with van der Waals surface area (Å²) < 4.78 is 32.0. The molecule has 0 aromatic carbocycles. The molecule has 19 heavy (non-hydrogen) atoms. The van der Waals surface area contributed by atoms with E-state index >= 15 is 0 Å². The van der Waals surface area contributed by atoms with Gasteiger partial charge in [0.05, 0.1) is 79.3 Å². The molecule has 6 nitrogen and oxygen atoms in total. The first-order valence-corrected chi connectivity index (χ1v) is 6.46. The molecule has 1 aliphatic rings. The maximum atomic E-state index is 5.33. The van der Waals surface area contributed by atoms with Gasteiger partial charge in [-0.15, -0.1) is 0 Å². The zero-order valence-electron chi connectivity index (χ0n) is 10.9. The SMILES string of the molecule is C1COCCOCCOCCOCCOCCO1.[CsH]. The van der Waals surface area contributed by atoms with E-state index in [0.29, 0.717) is 79.3 Å². The van der Waals surface area contributed by atoms with Crippen molar-refractivity contribution < 1.29 is 28.4 Å². The number of rotatable bonds is 0. The molecule has 1 fully saturated rings. The van der Waals surface area contributed by atoms with Crippen LogP contribution < -0.4 is 0 Å². The van der Waals surface area contributed by atoms with Crippen molar-refractivity contribution >= 4 is 68.9 Å². The summed E-state index contributed by atoms with van der Waals surface area (Å²) in [6.45, 7) is 7.04. The van der Waals surface area contributed by atoms with Crippen LogP contribution in [0.5, 0.6) is 0 Å². The Morgan fingerprint density at radius 3 is 0.474 bits per heavy atom. The summed E-state index contributed by atoms with van der Waals surface area (Å²) >= 11 is 0. The van der Waals surface area contributed by atoms with Gasteiger partial charge in [-0.2, -0.15) is 0 Å². The predicted molar refractivity (Wildman–Crippen MR) is 72.1 cm³/mol. The first-order chi connectivity index (χ1) is 9.00. The molecule has 0 radical (unpaired) electrons. The molecule has 0 amide bonds. The van der Waals surface area contributed by atoms with Crippen LogP contribution in [-0.2, 0) is 28.4 Å². The molecule has 0 atom stereocenters. The maximum absolute atomic E-state index is 5.33. The van der Waals surface area contributed by atoms with E-state index in [2.05, 4.69) is 0 Å². The molecule has 1 aliphatic heterocycles. The molecule has 0 unspecified atom stereocenters.